The van der Waals surface area contributed by atoms with Gasteiger partial charge in [-0.1, -0.05) is 0 Å². The van der Waals surface area contributed by atoms with Crippen molar-refractivity contribution in [1.82, 2.24) is 19.9 Å². The number of nitrogens with zero attached hydrogens (tertiary/aromatic N) is 4. The topological polar surface area (TPSA) is 114 Å². The molecule has 3 N–H and O–H groups in total. The van der Waals surface area contributed by atoms with Crippen LogP contribution in [0.15, 0.2) is 48.2 Å². The molecule has 0 spiro atoms. The third-order valence-electron chi connectivity index (χ3n) is 6.66. The molecule has 10 nitrogen and oxygen atoms in total. The first-order valence-electron chi connectivity index (χ1n) is 12.4. The van der Waals surface area contributed by atoms with Gasteiger partial charge in [0.15, 0.2) is 5.13 Å². The molecule has 6 rings (SSSR count). The van der Waals surface area contributed by atoms with Crippen LogP contribution < -0.4 is 20.3 Å². The van der Waals surface area contributed by atoms with Crippen molar-refractivity contribution < 1.29 is 19.4 Å². The summed E-state index contributed by atoms with van der Waals surface area (Å²) in [5.41, 5.74) is 1.86. The number of hydrogen-bond donors (Lipinski definition) is 3. The number of thiazole rings is 1. The van der Waals surface area contributed by atoms with Crippen LogP contribution in [0.4, 0.5) is 11.4 Å². The molecule has 2 aliphatic rings. The lowest BCUT2D eigenvalue weighted by Gasteiger charge is -2.30. The molecule has 11 heteroatoms. The fraction of sp³-hybridized carbons (Fsp3) is 0.346. The molecular weight excluding hydrogens is 492 g/mol. The number of rotatable bonds is 7. The van der Waals surface area contributed by atoms with Crippen molar-refractivity contribution in [2.24, 2.45) is 0 Å². The quantitative estimate of drug-likeness (QED) is 0.340. The number of anilines is 2. The standard InChI is InChI=1S/C26H28N6O4S/c33-24(29-21-13-28-6-5-23(21)31-9-7-27-8-10-31)22-16-37-26(30-22)32-14-17-3-4-18(12-20(17)25(32)34)36-15-19-2-1-11-35-19/h3-6,12-14,16,19,27,34H,1-2,7-11,15H2,(H,29,33). The minimum Gasteiger partial charge on any atom is -0.494 e. The lowest BCUT2D eigenvalue weighted by atomic mass is 10.2. The van der Waals surface area contributed by atoms with E-state index >= 15 is 0 Å². The maximum absolute atomic E-state index is 13.1. The molecule has 0 aliphatic carbocycles. The number of aromatic hydroxyl groups is 1. The summed E-state index contributed by atoms with van der Waals surface area (Å²) in [4.78, 5) is 24.0. The lowest BCUT2D eigenvalue weighted by molar-refractivity contribution is 0.0680. The number of benzene rings is 1. The van der Waals surface area contributed by atoms with Crippen molar-refractivity contribution in [3.8, 4) is 16.8 Å². The third-order valence-corrected chi connectivity index (χ3v) is 7.50. The molecule has 1 unspecified atom stereocenters. The van der Waals surface area contributed by atoms with E-state index in [0.717, 1.165) is 56.7 Å². The summed E-state index contributed by atoms with van der Waals surface area (Å²) in [6, 6.07) is 7.51. The van der Waals surface area contributed by atoms with E-state index in [4.69, 9.17) is 9.47 Å². The average Bonchev–Trinajstić information content (AvgIpc) is 3.69. The SMILES string of the molecule is O=C(Nc1cnccc1N1CCNCC1)c1csc(-n2cc3ccc(OCC4CCCO4)cc3c2O)n1. The van der Waals surface area contributed by atoms with Crippen molar-refractivity contribution in [3.63, 3.8) is 0 Å². The molecule has 5 heterocycles. The Labute approximate surface area is 217 Å². The van der Waals surface area contributed by atoms with Gasteiger partial charge >= 0.3 is 0 Å². The predicted molar refractivity (Wildman–Crippen MR) is 142 cm³/mol. The fourth-order valence-electron chi connectivity index (χ4n) is 4.70. The van der Waals surface area contributed by atoms with Crippen molar-refractivity contribution in [3.05, 3.63) is 53.9 Å². The molecule has 0 bridgehead atoms. The number of carbonyl (C=O) groups is 1. The van der Waals surface area contributed by atoms with Gasteiger partial charge in [-0.15, -0.1) is 11.3 Å². The van der Waals surface area contributed by atoms with E-state index in [1.807, 2.05) is 24.3 Å². The second-order valence-electron chi connectivity index (χ2n) is 9.12. The molecule has 1 amide bonds. The van der Waals surface area contributed by atoms with Crippen LogP contribution in [0.3, 0.4) is 0 Å². The maximum Gasteiger partial charge on any atom is 0.275 e. The van der Waals surface area contributed by atoms with E-state index in [1.54, 1.807) is 28.5 Å². The Hall–Kier alpha value is -3.67. The molecule has 1 aromatic carbocycles. The molecule has 37 heavy (non-hydrogen) atoms. The summed E-state index contributed by atoms with van der Waals surface area (Å²) in [6.45, 7) is 4.77. The normalized spacial score (nSPS) is 17.8. The number of ether oxygens (including phenoxy) is 2. The van der Waals surface area contributed by atoms with Crippen LogP contribution in [0.2, 0.25) is 0 Å². The van der Waals surface area contributed by atoms with E-state index in [-0.39, 0.29) is 23.6 Å². The highest BCUT2D eigenvalue weighted by Gasteiger charge is 2.20. The Morgan fingerprint density at radius 1 is 1.30 bits per heavy atom. The molecule has 1 atom stereocenters. The molecule has 0 saturated carbocycles. The van der Waals surface area contributed by atoms with Gasteiger partial charge in [0.05, 0.1) is 23.7 Å². The molecule has 2 saturated heterocycles. The zero-order valence-corrected chi connectivity index (χ0v) is 21.0. The largest absolute Gasteiger partial charge is 0.494 e. The number of aromatic nitrogens is 3. The summed E-state index contributed by atoms with van der Waals surface area (Å²) in [5.74, 6) is 0.395. The maximum atomic E-state index is 13.1. The summed E-state index contributed by atoms with van der Waals surface area (Å²) >= 11 is 1.28. The van der Waals surface area contributed by atoms with Crippen LogP contribution in [-0.2, 0) is 4.74 Å². The second kappa shape index (κ2) is 10.4. The fourth-order valence-corrected chi connectivity index (χ4v) is 5.48. The second-order valence-corrected chi connectivity index (χ2v) is 9.95. The highest BCUT2D eigenvalue weighted by atomic mass is 32.1. The monoisotopic (exact) mass is 520 g/mol. The predicted octanol–water partition coefficient (Wildman–Crippen LogP) is 3.41. The number of piperazine rings is 1. The highest BCUT2D eigenvalue weighted by molar-refractivity contribution is 7.12. The molecule has 0 radical (unpaired) electrons. The zero-order chi connectivity index (χ0) is 25.2. The summed E-state index contributed by atoms with van der Waals surface area (Å²) in [5, 5.41) is 20.9. The first kappa shape index (κ1) is 23.7. The number of nitrogens with one attached hydrogen (secondary N) is 2. The van der Waals surface area contributed by atoms with Crippen molar-refractivity contribution >= 4 is 39.4 Å². The van der Waals surface area contributed by atoms with E-state index in [9.17, 15) is 9.90 Å². The van der Waals surface area contributed by atoms with Crippen molar-refractivity contribution in [1.29, 1.82) is 0 Å². The van der Waals surface area contributed by atoms with Gasteiger partial charge in [0.2, 0.25) is 5.88 Å². The van der Waals surface area contributed by atoms with Gasteiger partial charge in [0.1, 0.15) is 18.1 Å². The highest BCUT2D eigenvalue weighted by Crippen LogP contribution is 2.34. The Morgan fingerprint density at radius 3 is 3.03 bits per heavy atom. The number of hydrogen-bond acceptors (Lipinski definition) is 9. The van der Waals surface area contributed by atoms with Crippen molar-refractivity contribution in [2.75, 3.05) is 49.6 Å². The zero-order valence-electron chi connectivity index (χ0n) is 20.2. The molecular formula is C26H28N6O4S. The van der Waals surface area contributed by atoms with Crippen LogP contribution in [0.25, 0.3) is 15.9 Å². The Morgan fingerprint density at radius 2 is 2.19 bits per heavy atom. The van der Waals surface area contributed by atoms with Gasteiger partial charge in [0.25, 0.3) is 5.91 Å². The Balaban J connectivity index is 1.19. The summed E-state index contributed by atoms with van der Waals surface area (Å²) in [7, 11) is 0. The van der Waals surface area contributed by atoms with E-state index < -0.39 is 0 Å². The number of amides is 1. The Bertz CT molecular complexity index is 1410. The van der Waals surface area contributed by atoms with Crippen molar-refractivity contribution in [2.45, 2.75) is 18.9 Å². The smallest absolute Gasteiger partial charge is 0.275 e. The van der Waals surface area contributed by atoms with Gasteiger partial charge in [-0.3, -0.25) is 14.3 Å². The molecule has 3 aromatic heterocycles. The summed E-state index contributed by atoms with van der Waals surface area (Å²) in [6.07, 6.45) is 7.37. The number of pyridine rings is 1. The minimum absolute atomic E-state index is 0.0483. The van der Waals surface area contributed by atoms with E-state index in [1.165, 1.54) is 11.3 Å². The molecule has 2 fully saturated rings. The Kier molecular flexibility index (Phi) is 6.64. The first-order chi connectivity index (χ1) is 18.2. The van der Waals surface area contributed by atoms with Crippen LogP contribution in [-0.4, -0.2) is 71.0 Å². The lowest BCUT2D eigenvalue weighted by Crippen LogP contribution is -2.43. The van der Waals surface area contributed by atoms with Gasteiger partial charge in [-0.2, -0.15) is 0 Å². The molecule has 2 aliphatic heterocycles. The first-order valence-corrected chi connectivity index (χ1v) is 13.3. The van der Waals surface area contributed by atoms with Crippen LogP contribution >= 0.6 is 11.3 Å². The summed E-state index contributed by atoms with van der Waals surface area (Å²) < 4.78 is 13.1. The van der Waals surface area contributed by atoms with E-state index in [0.29, 0.717) is 28.6 Å². The molecule has 192 valence electrons. The molecule has 4 aromatic rings. The van der Waals surface area contributed by atoms with E-state index in [2.05, 4.69) is 25.5 Å². The third kappa shape index (κ3) is 4.97. The number of carbonyl (C=O) groups excluding carboxylic acids is 1. The van der Waals surface area contributed by atoms with Crippen LogP contribution in [0.5, 0.6) is 11.6 Å². The van der Waals surface area contributed by atoms with Crippen LogP contribution in [0.1, 0.15) is 23.3 Å². The van der Waals surface area contributed by atoms with Crippen LogP contribution in [0, 0.1) is 0 Å². The van der Waals surface area contributed by atoms with Gasteiger partial charge < -0.3 is 30.1 Å². The average molecular weight is 521 g/mol. The van der Waals surface area contributed by atoms with Gasteiger partial charge in [0, 0.05) is 61.3 Å². The van der Waals surface area contributed by atoms with Gasteiger partial charge in [-0.05, 0) is 37.1 Å². The number of fused-ring (bicyclic) bond motifs is 1. The minimum atomic E-state index is -0.326. The van der Waals surface area contributed by atoms with Gasteiger partial charge in [-0.25, -0.2) is 4.98 Å².